The molecule has 2 aromatic rings. The number of rotatable bonds is 3. The Hall–Kier alpha value is -1.35. The van der Waals surface area contributed by atoms with Crippen molar-refractivity contribution < 1.29 is 9.50 Å². The van der Waals surface area contributed by atoms with Crippen LogP contribution in [0.3, 0.4) is 0 Å². The van der Waals surface area contributed by atoms with Crippen LogP contribution in [0, 0.1) is 5.82 Å². The minimum absolute atomic E-state index is 0.162. The van der Waals surface area contributed by atoms with Gasteiger partial charge in [-0.2, -0.15) is 0 Å². The molecule has 0 radical (unpaired) electrons. The van der Waals surface area contributed by atoms with E-state index in [1.807, 2.05) is 16.8 Å². The standard InChI is InChI=1S/C11H12FNO/c12-10-3-1-4-11-9(10)5-7-13(11)6-2-8-14/h1,3-5,7,14H,2,6,8H2. The van der Waals surface area contributed by atoms with Crippen molar-refractivity contribution >= 4 is 10.9 Å². The monoisotopic (exact) mass is 193 g/mol. The first-order valence-electron chi connectivity index (χ1n) is 4.67. The topological polar surface area (TPSA) is 25.2 Å². The van der Waals surface area contributed by atoms with Crippen molar-refractivity contribution in [2.24, 2.45) is 0 Å². The average Bonchev–Trinajstić information content (AvgIpc) is 2.60. The SMILES string of the molecule is OCCCn1ccc2c(F)cccc21. The van der Waals surface area contributed by atoms with Gasteiger partial charge in [0.2, 0.25) is 0 Å². The van der Waals surface area contributed by atoms with Crippen LogP contribution in [0.2, 0.25) is 0 Å². The summed E-state index contributed by atoms with van der Waals surface area (Å²) in [7, 11) is 0. The molecule has 0 amide bonds. The fourth-order valence-electron chi connectivity index (χ4n) is 1.62. The van der Waals surface area contributed by atoms with E-state index in [-0.39, 0.29) is 12.4 Å². The molecule has 1 aromatic heterocycles. The van der Waals surface area contributed by atoms with Gasteiger partial charge in [0.15, 0.2) is 0 Å². The Bertz CT molecular complexity index is 436. The Kier molecular flexibility index (Phi) is 2.50. The van der Waals surface area contributed by atoms with Crippen molar-refractivity contribution in [3.8, 4) is 0 Å². The van der Waals surface area contributed by atoms with Crippen LogP contribution in [-0.2, 0) is 6.54 Å². The van der Waals surface area contributed by atoms with Crippen LogP contribution in [0.5, 0.6) is 0 Å². The van der Waals surface area contributed by atoms with Crippen molar-refractivity contribution in [3.05, 3.63) is 36.3 Å². The van der Waals surface area contributed by atoms with Crippen molar-refractivity contribution in [2.75, 3.05) is 6.61 Å². The van der Waals surface area contributed by atoms with E-state index in [2.05, 4.69) is 0 Å². The summed E-state index contributed by atoms with van der Waals surface area (Å²) in [6.07, 6.45) is 2.55. The molecule has 0 saturated heterocycles. The van der Waals surface area contributed by atoms with Crippen LogP contribution < -0.4 is 0 Å². The molecular formula is C11H12FNO. The number of aromatic nitrogens is 1. The number of aliphatic hydroxyl groups is 1. The van der Waals surface area contributed by atoms with Crippen LogP contribution in [0.4, 0.5) is 4.39 Å². The largest absolute Gasteiger partial charge is 0.396 e. The normalized spacial score (nSPS) is 11.0. The lowest BCUT2D eigenvalue weighted by Crippen LogP contribution is -1.98. The second-order valence-electron chi connectivity index (χ2n) is 3.26. The fraction of sp³-hybridized carbons (Fsp3) is 0.273. The smallest absolute Gasteiger partial charge is 0.132 e. The summed E-state index contributed by atoms with van der Waals surface area (Å²) in [6.45, 7) is 0.887. The Balaban J connectivity index is 2.42. The number of benzene rings is 1. The highest BCUT2D eigenvalue weighted by Gasteiger charge is 2.03. The maximum Gasteiger partial charge on any atom is 0.132 e. The Labute approximate surface area is 81.6 Å². The summed E-state index contributed by atoms with van der Waals surface area (Å²) < 4.78 is 15.2. The van der Waals surface area contributed by atoms with E-state index in [0.717, 1.165) is 12.1 Å². The highest BCUT2D eigenvalue weighted by atomic mass is 19.1. The molecule has 2 rings (SSSR count). The highest BCUT2D eigenvalue weighted by molar-refractivity contribution is 5.80. The number of fused-ring (bicyclic) bond motifs is 1. The van der Waals surface area contributed by atoms with Crippen molar-refractivity contribution in [2.45, 2.75) is 13.0 Å². The Morgan fingerprint density at radius 3 is 2.93 bits per heavy atom. The lowest BCUT2D eigenvalue weighted by atomic mass is 10.2. The molecule has 1 heterocycles. The molecule has 3 heteroatoms. The molecule has 0 aliphatic carbocycles. The molecule has 0 fully saturated rings. The molecule has 0 aliphatic rings. The van der Waals surface area contributed by atoms with Crippen molar-refractivity contribution in [1.29, 1.82) is 0 Å². The molecule has 0 bridgehead atoms. The van der Waals surface area contributed by atoms with E-state index in [0.29, 0.717) is 11.8 Å². The van der Waals surface area contributed by atoms with E-state index >= 15 is 0 Å². The number of hydrogen-bond acceptors (Lipinski definition) is 1. The van der Waals surface area contributed by atoms with E-state index < -0.39 is 0 Å². The summed E-state index contributed by atoms with van der Waals surface area (Å²) >= 11 is 0. The quantitative estimate of drug-likeness (QED) is 0.794. The van der Waals surface area contributed by atoms with Gasteiger partial charge in [0.05, 0.1) is 5.52 Å². The van der Waals surface area contributed by atoms with Crippen LogP contribution in [0.1, 0.15) is 6.42 Å². The third kappa shape index (κ3) is 1.51. The number of halogens is 1. The Morgan fingerprint density at radius 1 is 1.29 bits per heavy atom. The molecular weight excluding hydrogens is 181 g/mol. The molecule has 1 N–H and O–H groups in total. The van der Waals surface area contributed by atoms with Crippen molar-refractivity contribution in [1.82, 2.24) is 4.57 Å². The van der Waals surface area contributed by atoms with Gasteiger partial charge in [-0.1, -0.05) is 6.07 Å². The minimum Gasteiger partial charge on any atom is -0.396 e. The van der Waals surface area contributed by atoms with Crippen molar-refractivity contribution in [3.63, 3.8) is 0 Å². The van der Waals surface area contributed by atoms with Gasteiger partial charge in [-0.3, -0.25) is 0 Å². The van der Waals surface area contributed by atoms with Gasteiger partial charge in [-0.15, -0.1) is 0 Å². The van der Waals surface area contributed by atoms with E-state index in [4.69, 9.17) is 5.11 Å². The average molecular weight is 193 g/mol. The predicted octanol–water partition coefficient (Wildman–Crippen LogP) is 2.16. The highest BCUT2D eigenvalue weighted by Crippen LogP contribution is 2.18. The molecule has 0 saturated carbocycles. The first-order chi connectivity index (χ1) is 6.83. The van der Waals surface area contributed by atoms with Gasteiger partial charge in [0.25, 0.3) is 0 Å². The molecule has 2 nitrogen and oxygen atoms in total. The summed E-state index contributed by atoms with van der Waals surface area (Å²) in [4.78, 5) is 0. The second kappa shape index (κ2) is 3.80. The van der Waals surface area contributed by atoms with Gasteiger partial charge < -0.3 is 9.67 Å². The molecule has 0 unspecified atom stereocenters. The summed E-state index contributed by atoms with van der Waals surface area (Å²) in [6, 6.07) is 6.81. The van der Waals surface area contributed by atoms with Gasteiger partial charge >= 0.3 is 0 Å². The number of aliphatic hydroxyl groups excluding tert-OH is 1. The predicted molar refractivity (Wildman–Crippen MR) is 53.6 cm³/mol. The zero-order valence-corrected chi connectivity index (χ0v) is 7.78. The summed E-state index contributed by atoms with van der Waals surface area (Å²) in [5.41, 5.74) is 0.887. The van der Waals surface area contributed by atoms with Crippen LogP contribution in [0.25, 0.3) is 10.9 Å². The lowest BCUT2D eigenvalue weighted by molar-refractivity contribution is 0.280. The second-order valence-corrected chi connectivity index (χ2v) is 3.26. The maximum atomic E-state index is 13.3. The number of hydrogen-bond donors (Lipinski definition) is 1. The molecule has 0 atom stereocenters. The molecule has 14 heavy (non-hydrogen) atoms. The van der Waals surface area contributed by atoms with E-state index in [9.17, 15) is 4.39 Å². The molecule has 0 aliphatic heterocycles. The summed E-state index contributed by atoms with van der Waals surface area (Å²) in [5, 5.41) is 9.35. The first kappa shape index (κ1) is 9.21. The van der Waals surface area contributed by atoms with Gasteiger partial charge in [-0.25, -0.2) is 4.39 Å². The van der Waals surface area contributed by atoms with Crippen LogP contribution in [-0.4, -0.2) is 16.3 Å². The molecule has 0 spiro atoms. The van der Waals surface area contributed by atoms with Gasteiger partial charge in [0, 0.05) is 24.7 Å². The van der Waals surface area contributed by atoms with E-state index in [1.165, 1.54) is 6.07 Å². The van der Waals surface area contributed by atoms with E-state index in [1.54, 1.807) is 12.1 Å². The molecule has 74 valence electrons. The minimum atomic E-state index is -0.190. The number of aryl methyl sites for hydroxylation is 1. The zero-order valence-electron chi connectivity index (χ0n) is 7.78. The number of nitrogens with zero attached hydrogens (tertiary/aromatic N) is 1. The first-order valence-corrected chi connectivity index (χ1v) is 4.67. The van der Waals surface area contributed by atoms with Crippen LogP contribution in [0.15, 0.2) is 30.5 Å². The lowest BCUT2D eigenvalue weighted by Gasteiger charge is -2.03. The Morgan fingerprint density at radius 2 is 2.14 bits per heavy atom. The zero-order chi connectivity index (χ0) is 9.97. The molecule has 1 aromatic carbocycles. The summed E-state index contributed by atoms with van der Waals surface area (Å²) in [5.74, 6) is -0.190. The maximum absolute atomic E-state index is 13.3. The third-order valence-electron chi connectivity index (χ3n) is 2.32. The van der Waals surface area contributed by atoms with Gasteiger partial charge in [-0.05, 0) is 24.6 Å². The fourth-order valence-corrected chi connectivity index (χ4v) is 1.62. The van der Waals surface area contributed by atoms with Crippen LogP contribution >= 0.6 is 0 Å². The van der Waals surface area contributed by atoms with Gasteiger partial charge in [0.1, 0.15) is 5.82 Å². The third-order valence-corrected chi connectivity index (χ3v) is 2.32.